The maximum Gasteiger partial charge on any atom is 0.453 e. The van der Waals surface area contributed by atoms with Crippen LogP contribution in [-0.2, 0) is 14.6 Å². The van der Waals surface area contributed by atoms with Crippen LogP contribution in [0, 0.1) is 6.92 Å². The second-order valence-electron chi connectivity index (χ2n) is 7.96. The molecule has 0 spiro atoms. The zero-order valence-electron chi connectivity index (χ0n) is 19.8. The molecule has 1 N–H and O–H groups in total. The number of sulfonamides is 1. The topological polar surface area (TPSA) is 90.9 Å². The van der Waals surface area contributed by atoms with Crippen molar-refractivity contribution in [3.8, 4) is 17.2 Å². The van der Waals surface area contributed by atoms with Gasteiger partial charge in [-0.05, 0) is 61.0 Å². The molecule has 7 nitrogen and oxygen atoms in total. The fraction of sp³-hybridized carbons (Fsp3) is 0.111. The van der Waals surface area contributed by atoms with E-state index in [4.69, 9.17) is 13.8 Å². The molecule has 36 heavy (non-hydrogen) atoms. The monoisotopic (exact) mass is 523 g/mol. The van der Waals surface area contributed by atoms with Crippen molar-refractivity contribution in [2.24, 2.45) is 0 Å². The van der Waals surface area contributed by atoms with Gasteiger partial charge in [-0.2, -0.15) is 4.72 Å². The second kappa shape index (κ2) is 11.0. The largest absolute Gasteiger partial charge is 0.497 e. The number of hydrogen-bond donors (Lipinski definition) is 1. The van der Waals surface area contributed by atoms with E-state index in [1.165, 1.54) is 19.2 Å². The Morgan fingerprint density at radius 3 is 1.67 bits per heavy atom. The first kappa shape index (κ1) is 25.5. The third kappa shape index (κ3) is 6.15. The Morgan fingerprint density at radius 2 is 1.19 bits per heavy atom. The molecule has 4 aromatic rings. The van der Waals surface area contributed by atoms with E-state index >= 15 is 0 Å². The molecule has 1 atom stereocenters. The predicted octanol–water partition coefficient (Wildman–Crippen LogP) is 6.33. The first-order valence-electron chi connectivity index (χ1n) is 11.1. The molecule has 1 unspecified atom stereocenters. The Hall–Kier alpha value is -3.58. The molecule has 0 aliphatic rings. The molecule has 0 aromatic heterocycles. The number of ether oxygens (including phenoxy) is 1. The van der Waals surface area contributed by atoms with Crippen molar-refractivity contribution in [3.05, 3.63) is 120 Å². The first-order valence-corrected chi connectivity index (χ1v) is 14.2. The molecule has 0 saturated heterocycles. The van der Waals surface area contributed by atoms with Crippen LogP contribution in [-0.4, -0.2) is 15.5 Å². The van der Waals surface area contributed by atoms with E-state index in [9.17, 15) is 13.0 Å². The zero-order valence-corrected chi connectivity index (χ0v) is 21.5. The van der Waals surface area contributed by atoms with E-state index in [-0.39, 0.29) is 16.4 Å². The highest BCUT2D eigenvalue weighted by atomic mass is 32.2. The van der Waals surface area contributed by atoms with Crippen molar-refractivity contribution < 1.29 is 26.8 Å². The van der Waals surface area contributed by atoms with Crippen LogP contribution in [0.3, 0.4) is 0 Å². The van der Waals surface area contributed by atoms with Crippen LogP contribution in [0.2, 0.25) is 0 Å². The van der Waals surface area contributed by atoms with Crippen LogP contribution in [0.5, 0.6) is 17.2 Å². The predicted molar refractivity (Wildman–Crippen MR) is 139 cm³/mol. The summed E-state index contributed by atoms with van der Waals surface area (Å²) in [5, 5.41) is 0. The van der Waals surface area contributed by atoms with Crippen molar-refractivity contribution in [2.45, 2.75) is 17.6 Å². The van der Waals surface area contributed by atoms with E-state index in [1.54, 1.807) is 97.1 Å². The zero-order chi connectivity index (χ0) is 25.6. The number of aryl methyl sites for hydroxylation is 1. The summed E-state index contributed by atoms with van der Waals surface area (Å²) in [7, 11) is -6.88. The van der Waals surface area contributed by atoms with E-state index in [0.29, 0.717) is 11.3 Å². The fourth-order valence-corrected chi connectivity index (χ4v) is 7.02. The average molecular weight is 524 g/mol. The SMILES string of the molecule is COc1ccc(C(NS(=O)(=O)c2ccc(C)cc2)P(=O)(Oc2ccccc2)Oc2ccccc2)cc1. The van der Waals surface area contributed by atoms with Crippen LogP contribution in [0.15, 0.2) is 114 Å². The van der Waals surface area contributed by atoms with Gasteiger partial charge < -0.3 is 13.8 Å². The summed E-state index contributed by atoms with van der Waals surface area (Å²) < 4.78 is 61.2. The third-order valence-electron chi connectivity index (χ3n) is 5.30. The highest BCUT2D eigenvalue weighted by Crippen LogP contribution is 2.59. The van der Waals surface area contributed by atoms with Gasteiger partial charge in [0.2, 0.25) is 10.0 Å². The lowest BCUT2D eigenvalue weighted by molar-refractivity contribution is 0.368. The maximum atomic E-state index is 14.6. The lowest BCUT2D eigenvalue weighted by Crippen LogP contribution is -2.31. The molecular formula is C27H26NO6PS. The molecule has 0 fully saturated rings. The minimum absolute atomic E-state index is 0.0255. The molecule has 9 heteroatoms. The molecule has 0 amide bonds. The number of nitrogens with one attached hydrogen (secondary N) is 1. The minimum Gasteiger partial charge on any atom is -0.497 e. The summed E-state index contributed by atoms with van der Waals surface area (Å²) in [5.41, 5.74) is 1.29. The highest BCUT2D eigenvalue weighted by Gasteiger charge is 2.43. The number of hydrogen-bond acceptors (Lipinski definition) is 6. The fourth-order valence-electron chi connectivity index (χ4n) is 3.41. The molecule has 186 valence electrons. The number of rotatable bonds is 10. The van der Waals surface area contributed by atoms with Crippen LogP contribution in [0.25, 0.3) is 0 Å². The van der Waals surface area contributed by atoms with Gasteiger partial charge in [-0.3, -0.25) is 0 Å². The molecule has 4 aromatic carbocycles. The second-order valence-corrected chi connectivity index (χ2v) is 11.6. The lowest BCUT2D eigenvalue weighted by atomic mass is 10.2. The summed E-state index contributed by atoms with van der Waals surface area (Å²) >= 11 is 0. The van der Waals surface area contributed by atoms with Crippen molar-refractivity contribution in [1.29, 1.82) is 0 Å². The van der Waals surface area contributed by atoms with Gasteiger partial charge in [-0.1, -0.05) is 66.2 Å². The van der Waals surface area contributed by atoms with Crippen LogP contribution >= 0.6 is 7.60 Å². The van der Waals surface area contributed by atoms with Gasteiger partial charge in [-0.25, -0.2) is 13.0 Å². The van der Waals surface area contributed by atoms with E-state index in [0.717, 1.165) is 5.56 Å². The summed E-state index contributed by atoms with van der Waals surface area (Å²) in [4.78, 5) is 0.0255. The molecule has 0 bridgehead atoms. The Bertz CT molecular complexity index is 1380. The molecule has 0 aliphatic heterocycles. The Balaban J connectivity index is 1.83. The van der Waals surface area contributed by atoms with Gasteiger partial charge in [0.05, 0.1) is 12.0 Å². The van der Waals surface area contributed by atoms with Crippen molar-refractivity contribution in [3.63, 3.8) is 0 Å². The Kier molecular flexibility index (Phi) is 7.79. The molecule has 0 aliphatic carbocycles. The van der Waals surface area contributed by atoms with Crippen molar-refractivity contribution in [1.82, 2.24) is 4.72 Å². The van der Waals surface area contributed by atoms with Crippen molar-refractivity contribution in [2.75, 3.05) is 7.11 Å². The van der Waals surface area contributed by atoms with E-state index in [1.807, 2.05) is 6.92 Å². The summed E-state index contributed by atoms with van der Waals surface area (Å²) in [6.45, 7) is 1.86. The summed E-state index contributed by atoms with van der Waals surface area (Å²) in [6.07, 6.45) is 0. The van der Waals surface area contributed by atoms with Crippen molar-refractivity contribution >= 4 is 17.6 Å². The minimum atomic E-state index is -4.28. The van der Waals surface area contributed by atoms with Gasteiger partial charge in [0.25, 0.3) is 0 Å². The molecular weight excluding hydrogens is 497 g/mol. The van der Waals surface area contributed by atoms with Gasteiger partial charge >= 0.3 is 7.60 Å². The average Bonchev–Trinajstić information content (AvgIpc) is 2.89. The molecule has 0 saturated carbocycles. The standard InChI is InChI=1S/C27H26NO6PS/c1-21-13-19-26(20-14-21)36(30,31)28-27(22-15-17-23(32-2)18-16-22)35(29,33-24-9-5-3-6-10-24)34-25-11-7-4-8-12-25/h3-20,27-28H,1-2H3. The summed E-state index contributed by atoms with van der Waals surface area (Å²) in [5.74, 6) is -0.286. The quantitative estimate of drug-likeness (QED) is 0.244. The molecule has 0 heterocycles. The first-order chi connectivity index (χ1) is 17.3. The van der Waals surface area contributed by atoms with E-state index in [2.05, 4.69) is 4.72 Å². The van der Waals surface area contributed by atoms with Gasteiger partial charge in [0.1, 0.15) is 17.2 Å². The van der Waals surface area contributed by atoms with Gasteiger partial charge in [0.15, 0.2) is 5.78 Å². The smallest absolute Gasteiger partial charge is 0.453 e. The van der Waals surface area contributed by atoms with Gasteiger partial charge in [0, 0.05) is 0 Å². The van der Waals surface area contributed by atoms with Crippen LogP contribution in [0.4, 0.5) is 0 Å². The van der Waals surface area contributed by atoms with Gasteiger partial charge in [-0.15, -0.1) is 0 Å². The van der Waals surface area contributed by atoms with Crippen LogP contribution in [0.1, 0.15) is 16.9 Å². The molecule has 0 radical (unpaired) electrons. The normalized spacial score (nSPS) is 12.5. The Labute approximate surface area is 211 Å². The van der Waals surface area contributed by atoms with E-state index < -0.39 is 23.4 Å². The third-order valence-corrected chi connectivity index (χ3v) is 8.90. The molecule has 4 rings (SSSR count). The van der Waals surface area contributed by atoms with Crippen LogP contribution < -0.4 is 18.5 Å². The lowest BCUT2D eigenvalue weighted by Gasteiger charge is -2.28. The number of benzene rings is 4. The Morgan fingerprint density at radius 1 is 0.694 bits per heavy atom. The highest BCUT2D eigenvalue weighted by molar-refractivity contribution is 7.89. The maximum absolute atomic E-state index is 14.6. The summed E-state index contributed by atoms with van der Waals surface area (Å²) in [6, 6.07) is 29.9. The number of methoxy groups -OCH3 is 1. The number of para-hydroxylation sites is 2.